The van der Waals surface area contributed by atoms with Gasteiger partial charge in [-0.1, -0.05) is 233 Å². The van der Waals surface area contributed by atoms with Crippen molar-refractivity contribution in [3.8, 4) is 0 Å². The largest absolute Gasteiger partial charge is 0.462 e. The molecular formula is C61H100O6. The summed E-state index contributed by atoms with van der Waals surface area (Å²) in [6.07, 6.45) is 73.7. The Bertz CT molecular complexity index is 1390. The van der Waals surface area contributed by atoms with E-state index in [-0.39, 0.29) is 31.6 Å². The molecule has 0 aliphatic rings. The van der Waals surface area contributed by atoms with Crippen LogP contribution in [0.1, 0.15) is 239 Å². The van der Waals surface area contributed by atoms with Crippen molar-refractivity contribution in [2.24, 2.45) is 0 Å². The summed E-state index contributed by atoms with van der Waals surface area (Å²) in [4.78, 5) is 38.0. The first kappa shape index (κ1) is 63.1. The van der Waals surface area contributed by atoms with E-state index < -0.39 is 12.1 Å². The van der Waals surface area contributed by atoms with Gasteiger partial charge < -0.3 is 14.2 Å². The van der Waals surface area contributed by atoms with Gasteiger partial charge in [-0.2, -0.15) is 0 Å². The summed E-state index contributed by atoms with van der Waals surface area (Å²) in [6, 6.07) is 0. The maximum Gasteiger partial charge on any atom is 0.306 e. The third-order valence-corrected chi connectivity index (χ3v) is 11.3. The van der Waals surface area contributed by atoms with E-state index in [1.165, 1.54) is 103 Å². The molecule has 0 aliphatic carbocycles. The fraction of sp³-hybridized carbons (Fsp3) is 0.656. The van der Waals surface area contributed by atoms with Gasteiger partial charge in [-0.15, -0.1) is 0 Å². The van der Waals surface area contributed by atoms with Gasteiger partial charge in [-0.3, -0.25) is 14.4 Å². The lowest BCUT2D eigenvalue weighted by atomic mass is 10.0. The molecule has 0 aromatic rings. The fourth-order valence-corrected chi connectivity index (χ4v) is 7.18. The number of allylic oxidation sites excluding steroid dienone is 18. The first-order chi connectivity index (χ1) is 33.0. The molecule has 0 aliphatic heterocycles. The van der Waals surface area contributed by atoms with Crippen LogP contribution in [0, 0.1) is 0 Å². The highest BCUT2D eigenvalue weighted by molar-refractivity contribution is 5.71. The molecule has 6 heteroatoms. The quantitative estimate of drug-likeness (QED) is 0.0262. The molecule has 0 aromatic carbocycles. The monoisotopic (exact) mass is 929 g/mol. The Hall–Kier alpha value is -3.93. The second-order valence-electron chi connectivity index (χ2n) is 17.8. The molecule has 0 unspecified atom stereocenters. The zero-order chi connectivity index (χ0) is 48.6. The summed E-state index contributed by atoms with van der Waals surface area (Å²) in [5.74, 6) is -1.05. The Morgan fingerprint density at radius 1 is 0.313 bits per heavy atom. The Kier molecular flexibility index (Phi) is 51.5. The van der Waals surface area contributed by atoms with Gasteiger partial charge in [0.05, 0.1) is 0 Å². The van der Waals surface area contributed by atoms with E-state index in [9.17, 15) is 14.4 Å². The molecule has 67 heavy (non-hydrogen) atoms. The third kappa shape index (κ3) is 52.9. The second kappa shape index (κ2) is 54.7. The third-order valence-electron chi connectivity index (χ3n) is 11.3. The molecular weight excluding hydrogens is 829 g/mol. The lowest BCUT2D eigenvalue weighted by molar-refractivity contribution is -0.166. The fourth-order valence-electron chi connectivity index (χ4n) is 7.18. The topological polar surface area (TPSA) is 78.9 Å². The maximum absolute atomic E-state index is 12.8. The molecule has 380 valence electrons. The number of carbonyl (C=O) groups is 3. The van der Waals surface area contributed by atoms with Crippen molar-refractivity contribution in [3.63, 3.8) is 0 Å². The summed E-state index contributed by atoms with van der Waals surface area (Å²) < 4.78 is 16.7. The number of hydrogen-bond acceptors (Lipinski definition) is 6. The molecule has 0 bridgehead atoms. The normalized spacial score (nSPS) is 12.9. The number of hydrogen-bond donors (Lipinski definition) is 0. The van der Waals surface area contributed by atoms with Crippen LogP contribution in [0.15, 0.2) is 109 Å². The summed E-state index contributed by atoms with van der Waals surface area (Å²) in [5, 5.41) is 0. The first-order valence-corrected chi connectivity index (χ1v) is 27.4. The molecule has 0 rings (SSSR count). The van der Waals surface area contributed by atoms with Crippen LogP contribution in [-0.2, 0) is 28.6 Å². The van der Waals surface area contributed by atoms with E-state index in [0.717, 1.165) is 83.5 Å². The molecule has 0 saturated heterocycles. The lowest BCUT2D eigenvalue weighted by Crippen LogP contribution is -2.30. The van der Waals surface area contributed by atoms with Crippen molar-refractivity contribution in [2.45, 2.75) is 245 Å². The van der Waals surface area contributed by atoms with Crippen molar-refractivity contribution in [1.82, 2.24) is 0 Å². The van der Waals surface area contributed by atoms with Gasteiger partial charge in [0.2, 0.25) is 0 Å². The van der Waals surface area contributed by atoms with E-state index in [1.807, 2.05) is 12.2 Å². The highest BCUT2D eigenvalue weighted by Gasteiger charge is 2.19. The predicted molar refractivity (Wildman–Crippen MR) is 288 cm³/mol. The predicted octanol–water partition coefficient (Wildman–Crippen LogP) is 18.3. The van der Waals surface area contributed by atoms with Crippen LogP contribution in [0.2, 0.25) is 0 Å². The van der Waals surface area contributed by atoms with E-state index in [4.69, 9.17) is 14.2 Å². The standard InChI is InChI=1S/C61H100O6/c1-4-7-10-13-16-19-22-25-28-29-30-31-34-37-40-43-46-49-52-55-61(64)67-58(56-65-59(62)53-50-47-44-41-38-35-32-26-23-20-17-14-11-8-5-2)57-66-60(63)54-51-48-45-42-39-36-33-27-24-21-18-15-12-9-6-3/h7,10,16-17,19-20,25-26,28,30-32,37-38,40-41,46,49,58H,4-6,8-9,11-15,18,21-24,27,29,33-36,39,42-45,47-48,50-57H2,1-3H3/b10-7-,19-16-,20-17-,28-25-,31-30-,32-26-,40-37-,41-38-,49-46-/t58-/m1/s1. The lowest BCUT2D eigenvalue weighted by Gasteiger charge is -2.18. The van der Waals surface area contributed by atoms with Gasteiger partial charge in [0, 0.05) is 19.3 Å². The molecule has 0 saturated carbocycles. The molecule has 1 atom stereocenters. The average molecular weight is 929 g/mol. The first-order valence-electron chi connectivity index (χ1n) is 27.4. The van der Waals surface area contributed by atoms with Crippen LogP contribution in [0.4, 0.5) is 0 Å². The van der Waals surface area contributed by atoms with Gasteiger partial charge in [0.15, 0.2) is 6.10 Å². The van der Waals surface area contributed by atoms with Crippen molar-refractivity contribution in [1.29, 1.82) is 0 Å². The Balaban J connectivity index is 4.57. The van der Waals surface area contributed by atoms with Gasteiger partial charge in [-0.25, -0.2) is 0 Å². The molecule has 0 aromatic heterocycles. The van der Waals surface area contributed by atoms with E-state index in [2.05, 4.69) is 118 Å². The van der Waals surface area contributed by atoms with Crippen LogP contribution in [-0.4, -0.2) is 37.2 Å². The Morgan fingerprint density at radius 3 is 1.00 bits per heavy atom. The van der Waals surface area contributed by atoms with Crippen LogP contribution in [0.5, 0.6) is 0 Å². The molecule has 0 fully saturated rings. The zero-order valence-electron chi connectivity index (χ0n) is 43.4. The number of esters is 3. The summed E-state index contributed by atoms with van der Waals surface area (Å²) >= 11 is 0. The van der Waals surface area contributed by atoms with Gasteiger partial charge in [0.25, 0.3) is 0 Å². The smallest absolute Gasteiger partial charge is 0.306 e. The van der Waals surface area contributed by atoms with Gasteiger partial charge in [0.1, 0.15) is 13.2 Å². The average Bonchev–Trinajstić information content (AvgIpc) is 3.33. The van der Waals surface area contributed by atoms with Crippen LogP contribution < -0.4 is 0 Å². The highest BCUT2D eigenvalue weighted by atomic mass is 16.6. The summed E-state index contributed by atoms with van der Waals surface area (Å²) in [5.41, 5.74) is 0. The molecule has 0 amide bonds. The Morgan fingerprint density at radius 2 is 0.612 bits per heavy atom. The van der Waals surface area contributed by atoms with Crippen LogP contribution in [0.3, 0.4) is 0 Å². The highest BCUT2D eigenvalue weighted by Crippen LogP contribution is 2.15. The second-order valence-corrected chi connectivity index (χ2v) is 17.8. The van der Waals surface area contributed by atoms with Crippen molar-refractivity contribution in [3.05, 3.63) is 109 Å². The van der Waals surface area contributed by atoms with Crippen molar-refractivity contribution in [2.75, 3.05) is 13.2 Å². The summed E-state index contributed by atoms with van der Waals surface area (Å²) in [7, 11) is 0. The Labute approximate surface area is 412 Å². The van der Waals surface area contributed by atoms with Crippen molar-refractivity contribution < 1.29 is 28.6 Å². The van der Waals surface area contributed by atoms with E-state index in [1.54, 1.807) is 0 Å². The van der Waals surface area contributed by atoms with Crippen LogP contribution in [0.25, 0.3) is 0 Å². The SMILES string of the molecule is CC/C=C\C/C=C\C/C=C\C/C=C\C/C=C\C/C=C\CCC(=O)O[C@H](COC(=O)CCCC/C=C\C/C=C\C/C=C\CCCCC)COC(=O)CCCCCCCCCCCCCCCCC. The number of ether oxygens (including phenoxy) is 3. The minimum absolute atomic E-state index is 0.120. The van der Waals surface area contributed by atoms with E-state index >= 15 is 0 Å². The molecule has 0 N–H and O–H groups in total. The maximum atomic E-state index is 12.8. The summed E-state index contributed by atoms with van der Waals surface area (Å²) in [6.45, 7) is 6.40. The minimum atomic E-state index is -0.834. The van der Waals surface area contributed by atoms with Crippen molar-refractivity contribution >= 4 is 17.9 Å². The molecule has 6 nitrogen and oxygen atoms in total. The molecule has 0 heterocycles. The molecule has 0 radical (unpaired) electrons. The van der Waals surface area contributed by atoms with Gasteiger partial charge in [-0.05, 0) is 96.3 Å². The minimum Gasteiger partial charge on any atom is -0.462 e. The van der Waals surface area contributed by atoms with E-state index in [0.29, 0.717) is 25.7 Å². The van der Waals surface area contributed by atoms with Gasteiger partial charge >= 0.3 is 17.9 Å². The zero-order valence-corrected chi connectivity index (χ0v) is 43.4. The number of unbranched alkanes of at least 4 members (excludes halogenated alkanes) is 19. The molecule has 0 spiro atoms. The number of carbonyl (C=O) groups excluding carboxylic acids is 3. The van der Waals surface area contributed by atoms with Crippen LogP contribution >= 0.6 is 0 Å². The number of rotatable bonds is 48.